The van der Waals surface area contributed by atoms with Crippen LogP contribution in [-0.4, -0.2) is 59.3 Å². The van der Waals surface area contributed by atoms with Crippen LogP contribution in [0.25, 0.3) is 0 Å². The van der Waals surface area contributed by atoms with Crippen LogP contribution in [0.4, 0.5) is 0 Å². The van der Waals surface area contributed by atoms with Crippen LogP contribution in [0.1, 0.15) is 6.92 Å². The molecule has 108 valence electrons. The molecule has 2 heterocycles. The molecule has 19 heavy (non-hydrogen) atoms. The van der Waals surface area contributed by atoms with Gasteiger partial charge in [0, 0.05) is 17.6 Å². The van der Waals surface area contributed by atoms with E-state index in [0.717, 1.165) is 35.5 Å². The zero-order valence-electron chi connectivity index (χ0n) is 10.4. The number of hydrogen-bond acceptors (Lipinski definition) is 6. The molecular weight excluding hydrogens is 292 g/mol. The molecule has 0 aromatic heterocycles. The maximum absolute atomic E-state index is 10.7. The number of nitrogens with one attached hydrogen (secondary N) is 1. The van der Waals surface area contributed by atoms with E-state index in [4.69, 9.17) is 10.3 Å². The lowest BCUT2D eigenvalue weighted by molar-refractivity contribution is -0.522. The summed E-state index contributed by atoms with van der Waals surface area (Å²) < 4.78 is 36.7. The predicted octanol–water partition coefficient (Wildman–Crippen LogP) is -1.07. The highest BCUT2D eigenvalue weighted by atomic mass is 32.3. The van der Waals surface area contributed by atoms with Gasteiger partial charge in [-0.2, -0.15) is 25.2 Å². The van der Waals surface area contributed by atoms with Crippen LogP contribution in [0, 0.1) is 0 Å². The van der Waals surface area contributed by atoms with Crippen LogP contribution < -0.4 is 11.1 Å². The van der Waals surface area contributed by atoms with Crippen LogP contribution in [0.5, 0.6) is 0 Å². The van der Waals surface area contributed by atoms with Crippen molar-refractivity contribution in [2.75, 3.05) is 24.6 Å². The summed E-state index contributed by atoms with van der Waals surface area (Å²) in [6, 6.07) is 0. The molecule has 0 amide bonds. The fraction of sp³-hybridized carbons (Fsp3) is 0.667. The first-order chi connectivity index (χ1) is 8.87. The quantitative estimate of drug-likeness (QED) is 0.437. The van der Waals surface area contributed by atoms with Crippen molar-refractivity contribution in [3.8, 4) is 0 Å². The molecule has 0 aromatic carbocycles. The Bertz CT molecular complexity index is 508. The molecule has 1 atom stereocenters. The van der Waals surface area contributed by atoms with Crippen molar-refractivity contribution in [3.05, 3.63) is 11.8 Å². The molecule has 0 spiro atoms. The molecular formula is C9H17N4O4S2+. The second-order valence-electron chi connectivity index (χ2n) is 4.19. The van der Waals surface area contributed by atoms with E-state index in [-0.39, 0.29) is 0 Å². The highest BCUT2D eigenvalue weighted by molar-refractivity contribution is 7.99. The van der Waals surface area contributed by atoms with E-state index in [1.54, 1.807) is 13.0 Å². The maximum atomic E-state index is 10.7. The van der Waals surface area contributed by atoms with E-state index in [1.165, 1.54) is 0 Å². The molecule has 2 aliphatic rings. The van der Waals surface area contributed by atoms with E-state index >= 15 is 0 Å². The van der Waals surface area contributed by atoms with Gasteiger partial charge >= 0.3 is 10.4 Å². The first-order valence-corrected chi connectivity index (χ1v) is 8.25. The van der Waals surface area contributed by atoms with Crippen molar-refractivity contribution in [2.24, 2.45) is 5.73 Å². The smallest absolute Gasteiger partial charge is 0.273 e. The summed E-state index contributed by atoms with van der Waals surface area (Å²) in [4.78, 5) is 0. The fourth-order valence-electron chi connectivity index (χ4n) is 1.93. The van der Waals surface area contributed by atoms with Gasteiger partial charge in [-0.3, -0.25) is 14.9 Å². The molecule has 1 unspecified atom stereocenters. The highest BCUT2D eigenvalue weighted by Gasteiger charge is 2.32. The summed E-state index contributed by atoms with van der Waals surface area (Å²) in [6.45, 7) is 3.47. The van der Waals surface area contributed by atoms with Crippen LogP contribution in [0.3, 0.4) is 0 Å². The van der Waals surface area contributed by atoms with Gasteiger partial charge in [-0.1, -0.05) is 0 Å². The topological polar surface area (TPSA) is 108 Å². The molecule has 2 rings (SSSR count). The Morgan fingerprint density at radius 1 is 1.58 bits per heavy atom. The number of nitrogens with zero attached hydrogens (tertiary/aromatic N) is 2. The molecule has 0 radical (unpaired) electrons. The third-order valence-electron chi connectivity index (χ3n) is 2.77. The van der Waals surface area contributed by atoms with Crippen molar-refractivity contribution in [3.63, 3.8) is 0 Å². The Morgan fingerprint density at radius 2 is 2.21 bits per heavy atom. The Labute approximate surface area is 116 Å². The number of amidine groups is 1. The minimum absolute atomic E-state index is 0.497. The monoisotopic (exact) mass is 309 g/mol. The Kier molecular flexibility index (Phi) is 4.36. The molecule has 10 heteroatoms. The standard InChI is InChI=1S/C9H16N4O4S2/c1-7-6-8(12-2-4-18-5-3-12)11-9(10)13(7)17-19(14,15)16/h6,9H,2-5,10H2,1H3,(H,14,15,16)/p+1. The van der Waals surface area contributed by atoms with E-state index in [9.17, 15) is 8.42 Å². The number of rotatable bonds is 2. The van der Waals surface area contributed by atoms with Gasteiger partial charge in [0.05, 0.1) is 18.8 Å². The zero-order valence-corrected chi connectivity index (χ0v) is 12.1. The lowest BCUT2D eigenvalue weighted by Gasteiger charge is -2.30. The minimum atomic E-state index is -4.59. The summed E-state index contributed by atoms with van der Waals surface area (Å²) in [5.41, 5.74) is 6.29. The van der Waals surface area contributed by atoms with Crippen LogP contribution in [-0.2, 0) is 14.7 Å². The van der Waals surface area contributed by atoms with E-state index in [1.807, 2.05) is 11.8 Å². The number of allylic oxidation sites excluding steroid dienone is 1. The molecule has 0 aromatic rings. The van der Waals surface area contributed by atoms with Gasteiger partial charge in [0.25, 0.3) is 5.84 Å². The minimum Gasteiger partial charge on any atom is -0.273 e. The second-order valence-corrected chi connectivity index (χ2v) is 6.42. The van der Waals surface area contributed by atoms with Gasteiger partial charge in [0.15, 0.2) is 0 Å². The molecule has 8 nitrogen and oxygen atoms in total. The summed E-state index contributed by atoms with van der Waals surface area (Å²) in [5.74, 6) is 2.91. The molecule has 0 aliphatic carbocycles. The lowest BCUT2D eigenvalue weighted by Crippen LogP contribution is -2.58. The summed E-state index contributed by atoms with van der Waals surface area (Å²) in [7, 11) is -4.59. The molecule has 1 fully saturated rings. The van der Waals surface area contributed by atoms with E-state index in [0.29, 0.717) is 5.70 Å². The van der Waals surface area contributed by atoms with Crippen molar-refractivity contribution in [2.45, 2.75) is 13.2 Å². The Hall–Kier alpha value is -0.810. The fourth-order valence-corrected chi connectivity index (χ4v) is 3.24. The summed E-state index contributed by atoms with van der Waals surface area (Å²) in [6.07, 6.45) is 0.862. The third-order valence-corrected chi connectivity index (χ3v) is 4.06. The number of thioether (sulfide) groups is 1. The third kappa shape index (κ3) is 3.83. The highest BCUT2D eigenvalue weighted by Crippen LogP contribution is 2.14. The zero-order chi connectivity index (χ0) is 14.0. The van der Waals surface area contributed by atoms with Gasteiger partial charge in [0.2, 0.25) is 6.29 Å². The van der Waals surface area contributed by atoms with Gasteiger partial charge in [0.1, 0.15) is 0 Å². The maximum Gasteiger partial charge on any atom is 0.418 e. The van der Waals surface area contributed by atoms with E-state index in [2.05, 4.69) is 14.2 Å². The Morgan fingerprint density at radius 3 is 2.74 bits per heavy atom. The van der Waals surface area contributed by atoms with Gasteiger partial charge in [-0.25, -0.2) is 5.32 Å². The van der Waals surface area contributed by atoms with E-state index < -0.39 is 16.7 Å². The van der Waals surface area contributed by atoms with Crippen molar-refractivity contribution < 1.29 is 21.8 Å². The van der Waals surface area contributed by atoms with Gasteiger partial charge in [-0.05, 0) is 6.92 Å². The second kappa shape index (κ2) is 5.67. The molecule has 4 N–H and O–H groups in total. The lowest BCUT2D eigenvalue weighted by atomic mass is 10.3. The average molecular weight is 309 g/mol. The number of hydroxylamine groups is 2. The van der Waals surface area contributed by atoms with Gasteiger partial charge < -0.3 is 0 Å². The average Bonchev–Trinajstić information content (AvgIpc) is 2.33. The largest absolute Gasteiger partial charge is 0.418 e. The molecule has 0 saturated carbocycles. The normalized spacial score (nSPS) is 25.1. The van der Waals surface area contributed by atoms with Crippen molar-refractivity contribution in [1.82, 2.24) is 10.4 Å². The SMILES string of the molecule is CC1=CC(=[N+]2CCSCC2)NC(N)N1OS(=O)(=O)O. The van der Waals surface area contributed by atoms with Crippen LogP contribution >= 0.6 is 11.8 Å². The number of nitrogens with two attached hydrogens (primary N) is 1. The molecule has 0 bridgehead atoms. The van der Waals surface area contributed by atoms with Crippen molar-refractivity contribution in [1.29, 1.82) is 0 Å². The first-order valence-electron chi connectivity index (χ1n) is 5.73. The molecule has 1 saturated heterocycles. The van der Waals surface area contributed by atoms with Crippen molar-refractivity contribution >= 4 is 28.0 Å². The molecule has 2 aliphatic heterocycles. The number of hydrogen-bond donors (Lipinski definition) is 3. The van der Waals surface area contributed by atoms with Crippen LogP contribution in [0.15, 0.2) is 11.8 Å². The Balaban J connectivity index is 2.22. The summed E-state index contributed by atoms with van der Waals surface area (Å²) in [5, 5.41) is 3.86. The van der Waals surface area contributed by atoms with Crippen LogP contribution in [0.2, 0.25) is 0 Å². The first kappa shape index (κ1) is 14.6. The summed E-state index contributed by atoms with van der Waals surface area (Å²) >= 11 is 1.89. The van der Waals surface area contributed by atoms with Gasteiger partial charge in [-0.15, -0.1) is 4.28 Å². The predicted molar refractivity (Wildman–Crippen MR) is 71.7 cm³/mol.